The Hall–Kier alpha value is -3.74. The number of carbonyl (C=O) groups excluding carboxylic acids is 2. The second-order valence-electron chi connectivity index (χ2n) is 5.95. The fourth-order valence-corrected chi connectivity index (χ4v) is 2.55. The smallest absolute Gasteiger partial charge is 0.337 e. The fourth-order valence-electron chi connectivity index (χ4n) is 2.55. The zero-order valence-electron chi connectivity index (χ0n) is 15.1. The number of pyridine rings is 1. The third-order valence-electron chi connectivity index (χ3n) is 3.91. The second-order valence-corrected chi connectivity index (χ2v) is 5.95. The Labute approximate surface area is 161 Å². The number of aromatic nitrogens is 1. The van der Waals surface area contributed by atoms with Crippen LogP contribution in [0.2, 0.25) is 0 Å². The van der Waals surface area contributed by atoms with Crippen molar-refractivity contribution in [3.8, 4) is 0 Å². The zero-order valence-corrected chi connectivity index (χ0v) is 15.1. The van der Waals surface area contributed by atoms with E-state index in [-0.39, 0.29) is 12.3 Å². The van der Waals surface area contributed by atoms with Gasteiger partial charge in [0.25, 0.3) is 0 Å². The van der Waals surface area contributed by atoms with E-state index < -0.39 is 11.8 Å². The van der Waals surface area contributed by atoms with Crippen LogP contribution in [0, 0.1) is 5.82 Å². The van der Waals surface area contributed by atoms with Crippen LogP contribution in [-0.4, -0.2) is 24.0 Å². The van der Waals surface area contributed by atoms with E-state index >= 15 is 0 Å². The minimum absolute atomic E-state index is 0.0625. The molecule has 0 aliphatic rings. The van der Waals surface area contributed by atoms with Gasteiger partial charge in [-0.15, -0.1) is 0 Å². The number of amides is 1. The Morgan fingerprint density at radius 1 is 1.04 bits per heavy atom. The standard InChI is InChI=1S/C21H18FN3O3/c1-28-21(27)15-6-4-7-16(11-15)24-19-10-9-17(13-23-19)25-20(26)12-14-5-2-3-8-18(14)22/h2-11,13H,12H2,1H3,(H,23,24)(H,25,26). The van der Waals surface area contributed by atoms with Crippen LogP contribution in [0.4, 0.5) is 21.6 Å². The zero-order chi connectivity index (χ0) is 19.9. The van der Waals surface area contributed by atoms with Crippen molar-refractivity contribution in [1.29, 1.82) is 0 Å². The molecule has 0 radical (unpaired) electrons. The molecule has 1 amide bonds. The van der Waals surface area contributed by atoms with Gasteiger partial charge in [-0.05, 0) is 42.0 Å². The SMILES string of the molecule is COC(=O)c1cccc(Nc2ccc(NC(=O)Cc3ccccc3F)cn2)c1. The van der Waals surface area contributed by atoms with Crippen LogP contribution in [0.15, 0.2) is 66.9 Å². The van der Waals surface area contributed by atoms with Crippen molar-refractivity contribution in [2.45, 2.75) is 6.42 Å². The number of anilines is 3. The van der Waals surface area contributed by atoms with Crippen LogP contribution < -0.4 is 10.6 Å². The third-order valence-corrected chi connectivity index (χ3v) is 3.91. The van der Waals surface area contributed by atoms with E-state index in [1.807, 2.05) is 0 Å². The number of ether oxygens (including phenoxy) is 1. The van der Waals surface area contributed by atoms with Gasteiger partial charge in [-0.25, -0.2) is 14.2 Å². The minimum atomic E-state index is -0.426. The Kier molecular flexibility index (Phi) is 5.96. The summed E-state index contributed by atoms with van der Waals surface area (Å²) in [7, 11) is 1.32. The van der Waals surface area contributed by atoms with Gasteiger partial charge in [0.2, 0.25) is 5.91 Å². The first-order valence-corrected chi connectivity index (χ1v) is 8.50. The summed E-state index contributed by atoms with van der Waals surface area (Å²) in [5.74, 6) is -0.637. The largest absolute Gasteiger partial charge is 0.465 e. The lowest BCUT2D eigenvalue weighted by Crippen LogP contribution is -2.15. The van der Waals surface area contributed by atoms with E-state index in [9.17, 15) is 14.0 Å². The molecule has 0 spiro atoms. The maximum Gasteiger partial charge on any atom is 0.337 e. The van der Waals surface area contributed by atoms with Crippen LogP contribution in [0.1, 0.15) is 15.9 Å². The number of nitrogens with zero attached hydrogens (tertiary/aromatic N) is 1. The minimum Gasteiger partial charge on any atom is -0.465 e. The molecule has 0 aliphatic heterocycles. The molecule has 142 valence electrons. The van der Waals surface area contributed by atoms with Crippen molar-refractivity contribution in [2.24, 2.45) is 0 Å². The van der Waals surface area contributed by atoms with Gasteiger partial charge in [0.05, 0.1) is 31.0 Å². The van der Waals surface area contributed by atoms with Gasteiger partial charge in [-0.1, -0.05) is 24.3 Å². The van der Waals surface area contributed by atoms with Crippen molar-refractivity contribution >= 4 is 29.1 Å². The Bertz CT molecular complexity index is 990. The van der Waals surface area contributed by atoms with Crippen molar-refractivity contribution in [3.63, 3.8) is 0 Å². The summed E-state index contributed by atoms with van der Waals surface area (Å²) in [6.45, 7) is 0. The lowest BCUT2D eigenvalue weighted by Gasteiger charge is -2.09. The van der Waals surface area contributed by atoms with Crippen molar-refractivity contribution in [2.75, 3.05) is 17.7 Å². The molecule has 2 N–H and O–H groups in total. The summed E-state index contributed by atoms with van der Waals surface area (Å²) >= 11 is 0. The summed E-state index contributed by atoms with van der Waals surface area (Å²) in [4.78, 5) is 27.9. The van der Waals surface area contributed by atoms with E-state index in [4.69, 9.17) is 4.74 Å². The number of halogens is 1. The van der Waals surface area contributed by atoms with Crippen molar-refractivity contribution in [3.05, 3.63) is 83.8 Å². The molecular formula is C21H18FN3O3. The first-order chi connectivity index (χ1) is 13.5. The van der Waals surface area contributed by atoms with E-state index in [0.717, 1.165) is 0 Å². The van der Waals surface area contributed by atoms with Crippen LogP contribution >= 0.6 is 0 Å². The molecule has 2 aromatic carbocycles. The van der Waals surface area contributed by atoms with Crippen LogP contribution in [0.25, 0.3) is 0 Å². The van der Waals surface area contributed by atoms with Gasteiger partial charge in [0.15, 0.2) is 0 Å². The second kappa shape index (κ2) is 8.77. The Balaban J connectivity index is 1.61. The summed E-state index contributed by atoms with van der Waals surface area (Å²) in [6.07, 6.45) is 1.43. The van der Waals surface area contributed by atoms with Gasteiger partial charge in [-0.3, -0.25) is 4.79 Å². The molecule has 28 heavy (non-hydrogen) atoms. The quantitative estimate of drug-likeness (QED) is 0.635. The molecule has 0 fully saturated rings. The molecule has 0 saturated heterocycles. The van der Waals surface area contributed by atoms with E-state index in [0.29, 0.717) is 28.3 Å². The maximum absolute atomic E-state index is 13.6. The summed E-state index contributed by atoms with van der Waals surface area (Å²) in [5.41, 5.74) is 1.92. The van der Waals surface area contributed by atoms with Crippen LogP contribution in [-0.2, 0) is 16.0 Å². The number of rotatable bonds is 6. The summed E-state index contributed by atoms with van der Waals surface area (Å²) in [6, 6.07) is 16.3. The topological polar surface area (TPSA) is 80.3 Å². The monoisotopic (exact) mass is 379 g/mol. The van der Waals surface area contributed by atoms with E-state index in [2.05, 4.69) is 15.6 Å². The molecule has 0 saturated carbocycles. The molecule has 0 atom stereocenters. The predicted molar refractivity (Wildman–Crippen MR) is 104 cm³/mol. The number of hydrogen-bond acceptors (Lipinski definition) is 5. The summed E-state index contributed by atoms with van der Waals surface area (Å²) in [5, 5.41) is 5.75. The van der Waals surface area contributed by atoms with Crippen molar-refractivity contribution < 1.29 is 18.7 Å². The number of methoxy groups -OCH3 is 1. The molecule has 0 aliphatic carbocycles. The van der Waals surface area contributed by atoms with Gasteiger partial charge >= 0.3 is 5.97 Å². The highest BCUT2D eigenvalue weighted by Gasteiger charge is 2.09. The Morgan fingerprint density at radius 2 is 1.86 bits per heavy atom. The molecule has 6 nitrogen and oxygen atoms in total. The number of benzene rings is 2. The van der Waals surface area contributed by atoms with Crippen LogP contribution in [0.3, 0.4) is 0 Å². The first kappa shape index (κ1) is 19.0. The molecular weight excluding hydrogens is 361 g/mol. The highest BCUT2D eigenvalue weighted by molar-refractivity contribution is 5.92. The van der Waals surface area contributed by atoms with Crippen molar-refractivity contribution in [1.82, 2.24) is 4.98 Å². The highest BCUT2D eigenvalue weighted by atomic mass is 19.1. The number of hydrogen-bond donors (Lipinski definition) is 2. The average Bonchev–Trinajstić information content (AvgIpc) is 2.71. The molecule has 7 heteroatoms. The lowest BCUT2D eigenvalue weighted by molar-refractivity contribution is -0.115. The van der Waals surface area contributed by atoms with Gasteiger partial charge in [-0.2, -0.15) is 0 Å². The number of nitrogens with one attached hydrogen (secondary N) is 2. The highest BCUT2D eigenvalue weighted by Crippen LogP contribution is 2.18. The summed E-state index contributed by atoms with van der Waals surface area (Å²) < 4.78 is 18.3. The lowest BCUT2D eigenvalue weighted by atomic mass is 10.1. The first-order valence-electron chi connectivity index (χ1n) is 8.50. The van der Waals surface area contributed by atoms with Gasteiger partial charge < -0.3 is 15.4 Å². The maximum atomic E-state index is 13.6. The van der Waals surface area contributed by atoms with E-state index in [1.54, 1.807) is 54.6 Å². The van der Waals surface area contributed by atoms with Gasteiger partial charge in [0.1, 0.15) is 11.6 Å². The molecule has 1 aromatic heterocycles. The predicted octanol–water partition coefficient (Wildman–Crippen LogP) is 3.93. The fraction of sp³-hybridized carbons (Fsp3) is 0.0952. The van der Waals surface area contributed by atoms with Gasteiger partial charge in [0, 0.05) is 5.69 Å². The van der Waals surface area contributed by atoms with Crippen LogP contribution in [0.5, 0.6) is 0 Å². The molecule has 1 heterocycles. The average molecular weight is 379 g/mol. The molecule has 3 rings (SSSR count). The molecule has 3 aromatic rings. The third kappa shape index (κ3) is 4.91. The Morgan fingerprint density at radius 3 is 2.57 bits per heavy atom. The van der Waals surface area contributed by atoms with E-state index in [1.165, 1.54) is 19.4 Å². The normalized spacial score (nSPS) is 10.2. The molecule has 0 bridgehead atoms. The number of esters is 1. The number of carbonyl (C=O) groups is 2. The molecule has 0 unspecified atom stereocenters.